The summed E-state index contributed by atoms with van der Waals surface area (Å²) in [4.78, 5) is 5.67. The number of nitrogens with zero attached hydrogens (tertiary/aromatic N) is 1. The Morgan fingerprint density at radius 2 is 2.27 bits per heavy atom. The molecule has 0 bridgehead atoms. The topological polar surface area (TPSA) is 38.9 Å². The molecule has 2 heterocycles. The molecule has 2 rings (SSSR count). The van der Waals surface area contributed by atoms with E-state index < -0.39 is 0 Å². The molecule has 1 aliphatic heterocycles. The lowest BCUT2D eigenvalue weighted by Gasteiger charge is -2.30. The van der Waals surface area contributed by atoms with Gasteiger partial charge in [0.15, 0.2) is 0 Å². The van der Waals surface area contributed by atoms with Crippen LogP contribution in [-0.4, -0.2) is 21.2 Å². The summed E-state index contributed by atoms with van der Waals surface area (Å²) in [5.74, 6) is 1.19. The molecule has 5 heteroatoms. The quantitative estimate of drug-likeness (QED) is 0.887. The van der Waals surface area contributed by atoms with Crippen LogP contribution in [0.25, 0.3) is 0 Å². The van der Waals surface area contributed by atoms with E-state index in [1.807, 2.05) is 6.20 Å². The molecule has 0 aliphatic carbocycles. The van der Waals surface area contributed by atoms with Gasteiger partial charge in [0.05, 0.1) is 5.25 Å². The van der Waals surface area contributed by atoms with E-state index in [0.717, 1.165) is 10.5 Å². The third-order valence-electron chi connectivity index (χ3n) is 2.60. The summed E-state index contributed by atoms with van der Waals surface area (Å²) in [5, 5.41) is 3.32. The van der Waals surface area contributed by atoms with Gasteiger partial charge in [0.1, 0.15) is 5.01 Å². The Kier molecular flexibility index (Phi) is 3.98. The van der Waals surface area contributed by atoms with Gasteiger partial charge in [0.2, 0.25) is 0 Å². The molecule has 3 unspecified atom stereocenters. The lowest BCUT2D eigenvalue weighted by molar-refractivity contribution is 0.890. The SMILES string of the molecule is CC1SCC(c2ncc(CN)s2)SC1C. The summed E-state index contributed by atoms with van der Waals surface area (Å²) in [6.45, 7) is 5.24. The van der Waals surface area contributed by atoms with Crippen molar-refractivity contribution in [1.82, 2.24) is 4.98 Å². The van der Waals surface area contributed by atoms with Crippen LogP contribution < -0.4 is 5.73 Å². The molecule has 2 N–H and O–H groups in total. The van der Waals surface area contributed by atoms with E-state index in [-0.39, 0.29) is 0 Å². The van der Waals surface area contributed by atoms with Crippen molar-refractivity contribution in [2.24, 2.45) is 5.73 Å². The molecule has 0 aromatic carbocycles. The van der Waals surface area contributed by atoms with Crippen LogP contribution in [0.15, 0.2) is 6.20 Å². The van der Waals surface area contributed by atoms with Crippen molar-refractivity contribution in [3.63, 3.8) is 0 Å². The van der Waals surface area contributed by atoms with Gasteiger partial charge < -0.3 is 5.73 Å². The largest absolute Gasteiger partial charge is 0.326 e. The number of thiazole rings is 1. The molecule has 2 nitrogen and oxygen atoms in total. The van der Waals surface area contributed by atoms with Crippen molar-refractivity contribution in [3.05, 3.63) is 16.1 Å². The lowest BCUT2D eigenvalue weighted by Crippen LogP contribution is -2.21. The minimum atomic E-state index is 0.575. The minimum Gasteiger partial charge on any atom is -0.326 e. The van der Waals surface area contributed by atoms with Crippen molar-refractivity contribution < 1.29 is 0 Å². The molecule has 0 spiro atoms. The Labute approximate surface area is 103 Å². The Hall–Kier alpha value is 0.290. The van der Waals surface area contributed by atoms with Gasteiger partial charge in [-0.25, -0.2) is 4.98 Å². The van der Waals surface area contributed by atoms with E-state index in [4.69, 9.17) is 5.73 Å². The van der Waals surface area contributed by atoms with Gasteiger partial charge in [0, 0.05) is 33.9 Å². The van der Waals surface area contributed by atoms with Crippen LogP contribution in [-0.2, 0) is 6.54 Å². The first-order valence-electron chi connectivity index (χ1n) is 5.12. The van der Waals surface area contributed by atoms with E-state index >= 15 is 0 Å². The van der Waals surface area contributed by atoms with Gasteiger partial charge in [-0.1, -0.05) is 13.8 Å². The smallest absolute Gasteiger partial charge is 0.107 e. The van der Waals surface area contributed by atoms with Crippen LogP contribution >= 0.6 is 34.9 Å². The van der Waals surface area contributed by atoms with Gasteiger partial charge in [-0.3, -0.25) is 0 Å². The Balaban J connectivity index is 2.05. The van der Waals surface area contributed by atoms with Crippen molar-refractivity contribution >= 4 is 34.9 Å². The van der Waals surface area contributed by atoms with E-state index in [0.29, 0.717) is 11.8 Å². The lowest BCUT2D eigenvalue weighted by atomic mass is 10.4. The normalized spacial score (nSPS) is 31.8. The highest BCUT2D eigenvalue weighted by Crippen LogP contribution is 2.45. The summed E-state index contributed by atoms with van der Waals surface area (Å²) >= 11 is 5.89. The van der Waals surface area contributed by atoms with E-state index in [1.54, 1.807) is 11.3 Å². The maximum absolute atomic E-state index is 5.60. The summed E-state index contributed by atoms with van der Waals surface area (Å²) in [6, 6.07) is 0. The molecule has 84 valence electrons. The van der Waals surface area contributed by atoms with Crippen LogP contribution in [0, 0.1) is 0 Å². The highest BCUT2D eigenvalue weighted by Gasteiger charge is 2.28. The predicted octanol–water partition coefficient (Wildman–Crippen LogP) is 2.90. The molecule has 1 aliphatic rings. The fourth-order valence-corrected chi connectivity index (χ4v) is 5.48. The summed E-state index contributed by atoms with van der Waals surface area (Å²) in [6.07, 6.45) is 1.92. The number of aromatic nitrogens is 1. The maximum Gasteiger partial charge on any atom is 0.107 e. The van der Waals surface area contributed by atoms with E-state index in [2.05, 4.69) is 42.4 Å². The Bertz CT molecular complexity index is 326. The van der Waals surface area contributed by atoms with Gasteiger partial charge in [-0.15, -0.1) is 23.1 Å². The monoisotopic (exact) mass is 260 g/mol. The fourth-order valence-electron chi connectivity index (χ4n) is 1.48. The third kappa shape index (κ3) is 2.70. The number of hydrogen-bond donors (Lipinski definition) is 1. The second-order valence-electron chi connectivity index (χ2n) is 3.74. The van der Waals surface area contributed by atoms with Crippen molar-refractivity contribution in [2.75, 3.05) is 5.75 Å². The zero-order valence-corrected chi connectivity index (χ0v) is 11.4. The van der Waals surface area contributed by atoms with Crippen LogP contribution in [0.3, 0.4) is 0 Å². The standard InChI is InChI=1S/C10H16N2S3/c1-6-7(2)14-9(5-13-6)10-12-4-8(3-11)15-10/h4,6-7,9H,3,5,11H2,1-2H3. The highest BCUT2D eigenvalue weighted by molar-refractivity contribution is 8.07. The van der Waals surface area contributed by atoms with Crippen LogP contribution in [0.4, 0.5) is 0 Å². The maximum atomic E-state index is 5.60. The second kappa shape index (κ2) is 5.08. The molecule has 3 atom stereocenters. The van der Waals surface area contributed by atoms with Crippen LogP contribution in [0.2, 0.25) is 0 Å². The van der Waals surface area contributed by atoms with Gasteiger partial charge in [-0.2, -0.15) is 11.8 Å². The van der Waals surface area contributed by atoms with Gasteiger partial charge >= 0.3 is 0 Å². The number of hydrogen-bond acceptors (Lipinski definition) is 5. The molecule has 1 saturated heterocycles. The summed E-state index contributed by atoms with van der Waals surface area (Å²) in [7, 11) is 0. The Morgan fingerprint density at radius 3 is 2.87 bits per heavy atom. The fraction of sp³-hybridized carbons (Fsp3) is 0.700. The summed E-state index contributed by atoms with van der Waals surface area (Å²) in [5.41, 5.74) is 5.60. The van der Waals surface area contributed by atoms with E-state index in [9.17, 15) is 0 Å². The zero-order chi connectivity index (χ0) is 10.8. The zero-order valence-electron chi connectivity index (χ0n) is 8.97. The first kappa shape index (κ1) is 11.8. The van der Waals surface area contributed by atoms with Gasteiger partial charge in [0.25, 0.3) is 0 Å². The summed E-state index contributed by atoms with van der Waals surface area (Å²) < 4.78 is 0. The first-order valence-corrected chi connectivity index (χ1v) is 7.93. The molecule has 0 radical (unpaired) electrons. The minimum absolute atomic E-state index is 0.575. The van der Waals surface area contributed by atoms with Crippen molar-refractivity contribution in [1.29, 1.82) is 0 Å². The average molecular weight is 260 g/mol. The molecular formula is C10H16N2S3. The van der Waals surface area contributed by atoms with Crippen molar-refractivity contribution in [2.45, 2.75) is 36.1 Å². The predicted molar refractivity (Wildman–Crippen MR) is 71.7 cm³/mol. The van der Waals surface area contributed by atoms with Crippen LogP contribution in [0.5, 0.6) is 0 Å². The molecule has 1 fully saturated rings. The average Bonchev–Trinajstić information content (AvgIpc) is 2.70. The second-order valence-corrected chi connectivity index (χ2v) is 7.88. The molecular weight excluding hydrogens is 244 g/mol. The number of rotatable bonds is 2. The Morgan fingerprint density at radius 1 is 1.47 bits per heavy atom. The first-order chi connectivity index (χ1) is 7.20. The number of thioether (sulfide) groups is 2. The number of nitrogens with two attached hydrogens (primary N) is 1. The third-order valence-corrected chi connectivity index (χ3v) is 7.28. The molecule has 0 saturated carbocycles. The molecule has 1 aromatic rings. The molecule has 1 aromatic heterocycles. The highest BCUT2D eigenvalue weighted by atomic mass is 32.2. The molecule has 15 heavy (non-hydrogen) atoms. The van der Waals surface area contributed by atoms with Crippen molar-refractivity contribution in [3.8, 4) is 0 Å². The van der Waals surface area contributed by atoms with Gasteiger partial charge in [-0.05, 0) is 0 Å². The van der Waals surface area contributed by atoms with E-state index in [1.165, 1.54) is 15.6 Å². The van der Waals surface area contributed by atoms with Crippen LogP contribution in [0.1, 0.15) is 29.0 Å². The molecule has 0 amide bonds.